The van der Waals surface area contributed by atoms with Gasteiger partial charge in [-0.05, 0) is 18.6 Å². The van der Waals surface area contributed by atoms with Gasteiger partial charge in [-0.15, -0.1) is 0 Å². The number of halogens is 1. The molecule has 0 saturated carbocycles. The quantitative estimate of drug-likeness (QED) is 0.705. The lowest BCUT2D eigenvalue weighted by atomic mass is 10.1. The van der Waals surface area contributed by atoms with Gasteiger partial charge in [-0.2, -0.15) is 5.10 Å². The number of hydrogen-bond acceptors (Lipinski definition) is 5. The number of methoxy groups -OCH3 is 1. The summed E-state index contributed by atoms with van der Waals surface area (Å²) < 4.78 is 6.94. The highest BCUT2D eigenvalue weighted by atomic mass is 35.5. The summed E-state index contributed by atoms with van der Waals surface area (Å²) in [4.78, 5) is 17.1. The minimum atomic E-state index is -0.183. The highest BCUT2D eigenvalue weighted by Gasteiger charge is 2.29. The number of ether oxygens (including phenoxy) is 1. The van der Waals surface area contributed by atoms with Gasteiger partial charge in [-0.1, -0.05) is 17.7 Å². The Balaban J connectivity index is 1.68. The highest BCUT2D eigenvalue weighted by Crippen LogP contribution is 2.33. The summed E-state index contributed by atoms with van der Waals surface area (Å²) in [7, 11) is 3.52. The van der Waals surface area contributed by atoms with Crippen molar-refractivity contribution in [1.82, 2.24) is 19.6 Å². The number of amides is 1. The number of benzene rings is 1. The average Bonchev–Trinajstić information content (AvgIpc) is 3.04. The van der Waals surface area contributed by atoms with Crippen LogP contribution in [0.2, 0.25) is 5.02 Å². The molecule has 0 unspecified atom stereocenters. The smallest absolute Gasteiger partial charge is 0.292 e. The van der Waals surface area contributed by atoms with Gasteiger partial charge in [0.1, 0.15) is 5.75 Å². The van der Waals surface area contributed by atoms with Crippen LogP contribution >= 0.6 is 11.6 Å². The van der Waals surface area contributed by atoms with Gasteiger partial charge in [0, 0.05) is 31.4 Å². The number of nitrogens with zero attached hydrogens (tertiary/aromatic N) is 5. The van der Waals surface area contributed by atoms with E-state index in [4.69, 9.17) is 16.3 Å². The second-order valence-electron chi connectivity index (χ2n) is 5.76. The molecule has 0 aliphatic carbocycles. The number of carbonyl (C=O) groups is 1. The molecule has 0 radical (unpaired) electrons. The van der Waals surface area contributed by atoms with Gasteiger partial charge < -0.3 is 4.74 Å². The molecule has 3 heterocycles. The second-order valence-corrected chi connectivity index (χ2v) is 6.20. The molecule has 0 spiro atoms. The first-order chi connectivity index (χ1) is 12.1. The zero-order chi connectivity index (χ0) is 17.6. The minimum Gasteiger partial charge on any atom is -0.496 e. The molecule has 1 aliphatic heterocycles. The summed E-state index contributed by atoms with van der Waals surface area (Å²) in [5.41, 5.74) is 2.95. The Morgan fingerprint density at radius 2 is 2.20 bits per heavy atom. The number of aromatic nitrogens is 3. The van der Waals surface area contributed by atoms with Crippen LogP contribution in [0.1, 0.15) is 16.1 Å². The Morgan fingerprint density at radius 1 is 1.36 bits per heavy atom. The van der Waals surface area contributed by atoms with Crippen molar-refractivity contribution in [3.63, 3.8) is 0 Å². The first-order valence-corrected chi connectivity index (χ1v) is 8.18. The lowest BCUT2D eigenvalue weighted by Gasteiger charge is -2.38. The molecule has 0 N–H and O–H groups in total. The molecular weight excluding hydrogens is 342 g/mol. The number of fused-ring (bicyclic) bond motifs is 2. The third kappa shape index (κ3) is 2.56. The fourth-order valence-corrected chi connectivity index (χ4v) is 3.27. The predicted octanol–water partition coefficient (Wildman–Crippen LogP) is 2.44. The van der Waals surface area contributed by atoms with E-state index in [1.54, 1.807) is 24.4 Å². The molecule has 1 aromatic carbocycles. The van der Waals surface area contributed by atoms with Crippen LogP contribution in [0.5, 0.6) is 5.75 Å². The molecule has 0 bridgehead atoms. The van der Waals surface area contributed by atoms with Crippen LogP contribution in [0, 0.1) is 0 Å². The topological polar surface area (TPSA) is 63.0 Å². The Labute approximate surface area is 149 Å². The third-order valence-electron chi connectivity index (χ3n) is 4.35. The third-order valence-corrected chi connectivity index (χ3v) is 4.54. The van der Waals surface area contributed by atoms with Gasteiger partial charge in [0.15, 0.2) is 11.3 Å². The zero-order valence-electron chi connectivity index (χ0n) is 13.8. The molecule has 0 atom stereocenters. The number of hydrogen-bond donors (Lipinski definition) is 0. The first-order valence-electron chi connectivity index (χ1n) is 7.81. The van der Waals surface area contributed by atoms with Crippen molar-refractivity contribution < 1.29 is 9.53 Å². The molecule has 1 amide bonds. The van der Waals surface area contributed by atoms with Crippen LogP contribution in [-0.4, -0.2) is 46.2 Å². The minimum absolute atomic E-state index is 0.183. The normalized spacial score (nSPS) is 13.9. The van der Waals surface area contributed by atoms with Crippen molar-refractivity contribution in [3.8, 4) is 5.75 Å². The van der Waals surface area contributed by atoms with Gasteiger partial charge in [0.05, 0.1) is 24.0 Å². The van der Waals surface area contributed by atoms with Crippen molar-refractivity contribution in [2.45, 2.75) is 6.42 Å². The van der Waals surface area contributed by atoms with E-state index in [1.807, 2.05) is 30.3 Å². The van der Waals surface area contributed by atoms with Crippen molar-refractivity contribution >= 4 is 28.8 Å². The van der Waals surface area contributed by atoms with E-state index in [0.29, 0.717) is 29.3 Å². The fourth-order valence-electron chi connectivity index (χ4n) is 3.13. The molecule has 1 aliphatic rings. The molecule has 128 valence electrons. The van der Waals surface area contributed by atoms with Crippen molar-refractivity contribution in [2.24, 2.45) is 0 Å². The fraction of sp³-hybridized carbons (Fsp3) is 0.235. The van der Waals surface area contributed by atoms with Crippen LogP contribution < -0.4 is 9.75 Å². The van der Waals surface area contributed by atoms with Crippen LogP contribution in [0.3, 0.4) is 0 Å². The van der Waals surface area contributed by atoms with E-state index in [2.05, 4.69) is 10.1 Å². The maximum absolute atomic E-state index is 12.9. The Bertz CT molecular complexity index is 971. The SMILES string of the molecule is COc1cccc2c1CCN(C(=O)c1cc3ncc(Cl)cn3n1)N2C. The van der Waals surface area contributed by atoms with Crippen molar-refractivity contribution in [3.05, 3.63) is 52.9 Å². The van der Waals surface area contributed by atoms with E-state index in [9.17, 15) is 4.79 Å². The molecule has 3 aromatic rings. The highest BCUT2D eigenvalue weighted by molar-refractivity contribution is 6.30. The van der Waals surface area contributed by atoms with Gasteiger partial charge in [0.25, 0.3) is 5.91 Å². The van der Waals surface area contributed by atoms with E-state index in [0.717, 1.165) is 17.0 Å². The second kappa shape index (κ2) is 5.93. The molecule has 0 fully saturated rings. The van der Waals surface area contributed by atoms with Gasteiger partial charge in [-0.25, -0.2) is 14.5 Å². The Morgan fingerprint density at radius 3 is 3.00 bits per heavy atom. The van der Waals surface area contributed by atoms with Crippen LogP contribution in [0.25, 0.3) is 5.65 Å². The standard InChI is InChI=1S/C17H16ClN5O2/c1-21-14-4-3-5-15(25-2)12(14)6-7-23(21)17(24)13-8-16-19-9-11(18)10-22(16)20-13/h3-5,8-10H,6-7H2,1-2H3. The molecular formula is C17H16ClN5O2. The summed E-state index contributed by atoms with van der Waals surface area (Å²) in [6.07, 6.45) is 3.87. The lowest BCUT2D eigenvalue weighted by molar-refractivity contribution is 0.0731. The summed E-state index contributed by atoms with van der Waals surface area (Å²) >= 11 is 5.93. The Kier molecular flexibility index (Phi) is 3.73. The Hall–Kier alpha value is -2.80. The van der Waals surface area contributed by atoms with E-state index >= 15 is 0 Å². The number of anilines is 1. The van der Waals surface area contributed by atoms with E-state index in [1.165, 1.54) is 10.7 Å². The van der Waals surface area contributed by atoms with Crippen LogP contribution in [0.15, 0.2) is 36.7 Å². The molecule has 2 aromatic heterocycles. The monoisotopic (exact) mass is 357 g/mol. The summed E-state index contributed by atoms with van der Waals surface area (Å²) in [6.45, 7) is 0.546. The van der Waals surface area contributed by atoms with Crippen LogP contribution in [0.4, 0.5) is 5.69 Å². The number of carbonyl (C=O) groups excluding carboxylic acids is 1. The molecule has 0 saturated heterocycles. The lowest BCUT2D eigenvalue weighted by Crippen LogP contribution is -2.48. The van der Waals surface area contributed by atoms with Gasteiger partial charge in [-0.3, -0.25) is 9.80 Å². The van der Waals surface area contributed by atoms with Gasteiger partial charge in [0.2, 0.25) is 0 Å². The zero-order valence-corrected chi connectivity index (χ0v) is 14.6. The van der Waals surface area contributed by atoms with Crippen LogP contribution in [-0.2, 0) is 6.42 Å². The van der Waals surface area contributed by atoms with Crippen molar-refractivity contribution in [1.29, 1.82) is 0 Å². The average molecular weight is 358 g/mol. The molecule has 4 rings (SSSR count). The predicted molar refractivity (Wildman–Crippen MR) is 94.1 cm³/mol. The number of hydrazine groups is 1. The maximum atomic E-state index is 12.9. The summed E-state index contributed by atoms with van der Waals surface area (Å²) in [6, 6.07) is 7.48. The molecule has 7 nitrogen and oxygen atoms in total. The van der Waals surface area contributed by atoms with E-state index in [-0.39, 0.29) is 5.91 Å². The number of rotatable bonds is 2. The molecule has 8 heteroatoms. The van der Waals surface area contributed by atoms with Gasteiger partial charge >= 0.3 is 0 Å². The van der Waals surface area contributed by atoms with Crippen molar-refractivity contribution in [2.75, 3.05) is 25.7 Å². The molecule has 25 heavy (non-hydrogen) atoms. The summed E-state index contributed by atoms with van der Waals surface area (Å²) in [5.74, 6) is 0.653. The maximum Gasteiger partial charge on any atom is 0.292 e. The first kappa shape index (κ1) is 15.7. The van der Waals surface area contributed by atoms with E-state index < -0.39 is 0 Å². The summed E-state index contributed by atoms with van der Waals surface area (Å²) in [5, 5.41) is 8.28. The largest absolute Gasteiger partial charge is 0.496 e.